The van der Waals surface area contributed by atoms with Crippen LogP contribution in [0.1, 0.15) is 12.5 Å². The highest BCUT2D eigenvalue weighted by molar-refractivity contribution is 9.10. The van der Waals surface area contributed by atoms with Crippen molar-refractivity contribution in [2.24, 2.45) is 0 Å². The maximum Gasteiger partial charge on any atom is 0.0545 e. The zero-order chi connectivity index (χ0) is 13.7. The van der Waals surface area contributed by atoms with Crippen LogP contribution >= 0.6 is 39.3 Å². The van der Waals surface area contributed by atoms with Gasteiger partial charge < -0.3 is 5.32 Å². The van der Waals surface area contributed by atoms with Crippen LogP contribution < -0.4 is 5.32 Å². The van der Waals surface area contributed by atoms with E-state index in [0.29, 0.717) is 0 Å². The molecule has 1 N–H and O–H groups in total. The van der Waals surface area contributed by atoms with Crippen LogP contribution in [0.25, 0.3) is 0 Å². The predicted molar refractivity (Wildman–Crippen MR) is 87.1 cm³/mol. The standard InChI is InChI=1S/C15H15BrClNS/c1-2-18-10-11-9-12(16)7-8-14(11)19-15-6-4-3-5-13(15)17/h3-9,18H,2,10H2,1H3. The van der Waals surface area contributed by atoms with Crippen LogP contribution in [0, 0.1) is 0 Å². The molecule has 0 bridgehead atoms. The maximum absolute atomic E-state index is 6.22. The van der Waals surface area contributed by atoms with Gasteiger partial charge in [-0.25, -0.2) is 0 Å². The molecule has 0 amide bonds. The zero-order valence-electron chi connectivity index (χ0n) is 10.6. The number of nitrogens with one attached hydrogen (secondary N) is 1. The fourth-order valence-corrected chi connectivity index (χ4v) is 3.30. The Morgan fingerprint density at radius 1 is 1.16 bits per heavy atom. The lowest BCUT2D eigenvalue weighted by Gasteiger charge is -2.11. The van der Waals surface area contributed by atoms with Crippen molar-refractivity contribution in [3.63, 3.8) is 0 Å². The second kappa shape index (κ2) is 7.34. The Hall–Kier alpha value is -0.480. The van der Waals surface area contributed by atoms with Gasteiger partial charge in [0.15, 0.2) is 0 Å². The second-order valence-electron chi connectivity index (χ2n) is 4.06. The van der Waals surface area contributed by atoms with E-state index < -0.39 is 0 Å². The van der Waals surface area contributed by atoms with Crippen molar-refractivity contribution >= 4 is 39.3 Å². The molecule has 1 nitrogen and oxygen atoms in total. The maximum atomic E-state index is 6.22. The highest BCUT2D eigenvalue weighted by atomic mass is 79.9. The molecule has 0 aliphatic rings. The zero-order valence-corrected chi connectivity index (χ0v) is 13.8. The summed E-state index contributed by atoms with van der Waals surface area (Å²) in [5, 5.41) is 4.16. The second-order valence-corrected chi connectivity index (χ2v) is 6.47. The van der Waals surface area contributed by atoms with E-state index in [4.69, 9.17) is 11.6 Å². The minimum Gasteiger partial charge on any atom is -0.313 e. The SMILES string of the molecule is CCNCc1cc(Br)ccc1Sc1ccccc1Cl. The Morgan fingerprint density at radius 3 is 2.68 bits per heavy atom. The van der Waals surface area contributed by atoms with Crippen molar-refractivity contribution in [2.75, 3.05) is 6.54 Å². The van der Waals surface area contributed by atoms with Crippen LogP contribution in [0.5, 0.6) is 0 Å². The Bertz CT molecular complexity index is 560. The third-order valence-electron chi connectivity index (χ3n) is 2.64. The summed E-state index contributed by atoms with van der Waals surface area (Å²) >= 11 is 11.4. The van der Waals surface area contributed by atoms with Gasteiger partial charge in [0, 0.05) is 20.8 Å². The molecule has 2 rings (SSSR count). The highest BCUT2D eigenvalue weighted by Crippen LogP contribution is 2.35. The van der Waals surface area contributed by atoms with Gasteiger partial charge in [-0.05, 0) is 42.4 Å². The summed E-state index contributed by atoms with van der Waals surface area (Å²) in [4.78, 5) is 2.32. The van der Waals surface area contributed by atoms with E-state index in [0.717, 1.165) is 27.5 Å². The summed E-state index contributed by atoms with van der Waals surface area (Å²) in [6.07, 6.45) is 0. The van der Waals surface area contributed by atoms with Gasteiger partial charge in [-0.15, -0.1) is 0 Å². The van der Waals surface area contributed by atoms with Crippen molar-refractivity contribution in [1.82, 2.24) is 5.32 Å². The fourth-order valence-electron chi connectivity index (χ4n) is 1.69. The fraction of sp³-hybridized carbons (Fsp3) is 0.200. The number of halogens is 2. The molecular formula is C15H15BrClNS. The summed E-state index contributed by atoms with van der Waals surface area (Å²) in [5.74, 6) is 0. The first-order chi connectivity index (χ1) is 9.20. The number of rotatable bonds is 5. The molecule has 2 aromatic carbocycles. The van der Waals surface area contributed by atoms with Gasteiger partial charge in [0.05, 0.1) is 5.02 Å². The molecule has 0 fully saturated rings. The van der Waals surface area contributed by atoms with E-state index in [9.17, 15) is 0 Å². The Balaban J connectivity index is 2.26. The molecule has 0 aromatic heterocycles. The molecule has 0 saturated carbocycles. The third-order valence-corrected chi connectivity index (χ3v) is 4.77. The van der Waals surface area contributed by atoms with Crippen LogP contribution in [0.2, 0.25) is 5.02 Å². The van der Waals surface area contributed by atoms with E-state index in [1.165, 1.54) is 10.5 Å². The Kier molecular flexibility index (Phi) is 5.76. The molecule has 0 radical (unpaired) electrons. The van der Waals surface area contributed by atoms with E-state index >= 15 is 0 Å². The quantitative estimate of drug-likeness (QED) is 0.773. The smallest absolute Gasteiger partial charge is 0.0545 e. The molecule has 0 aliphatic heterocycles. The molecular weight excluding hydrogens is 342 g/mol. The molecule has 0 atom stereocenters. The highest BCUT2D eigenvalue weighted by Gasteiger charge is 2.07. The van der Waals surface area contributed by atoms with Gasteiger partial charge in [-0.1, -0.05) is 58.3 Å². The molecule has 0 saturated heterocycles. The lowest BCUT2D eigenvalue weighted by molar-refractivity contribution is 0.717. The first kappa shape index (κ1) is 14.9. The lowest BCUT2D eigenvalue weighted by atomic mass is 10.2. The first-order valence-electron chi connectivity index (χ1n) is 6.12. The van der Waals surface area contributed by atoms with Crippen LogP contribution in [-0.2, 0) is 6.54 Å². The molecule has 100 valence electrons. The van der Waals surface area contributed by atoms with Crippen LogP contribution in [-0.4, -0.2) is 6.54 Å². The number of hydrogen-bond acceptors (Lipinski definition) is 2. The van der Waals surface area contributed by atoms with Crippen LogP contribution in [0.15, 0.2) is 56.7 Å². The van der Waals surface area contributed by atoms with Crippen molar-refractivity contribution in [2.45, 2.75) is 23.3 Å². The van der Waals surface area contributed by atoms with Crippen molar-refractivity contribution < 1.29 is 0 Å². The van der Waals surface area contributed by atoms with E-state index in [1.54, 1.807) is 11.8 Å². The van der Waals surface area contributed by atoms with E-state index in [2.05, 4.69) is 46.4 Å². The summed E-state index contributed by atoms with van der Waals surface area (Å²) in [6, 6.07) is 14.3. The van der Waals surface area contributed by atoms with Crippen molar-refractivity contribution in [1.29, 1.82) is 0 Å². The average Bonchev–Trinajstić information content (AvgIpc) is 2.41. The average molecular weight is 357 g/mol. The first-order valence-corrected chi connectivity index (χ1v) is 8.11. The predicted octanol–water partition coefficient (Wildman–Crippen LogP) is 5.36. The third kappa shape index (κ3) is 4.25. The molecule has 2 aromatic rings. The molecule has 0 aliphatic carbocycles. The minimum atomic E-state index is 0.796. The van der Waals surface area contributed by atoms with Crippen molar-refractivity contribution in [3.8, 4) is 0 Å². The minimum absolute atomic E-state index is 0.796. The van der Waals surface area contributed by atoms with Gasteiger partial charge in [-0.3, -0.25) is 0 Å². The van der Waals surface area contributed by atoms with Crippen molar-refractivity contribution in [3.05, 3.63) is 57.5 Å². The summed E-state index contributed by atoms with van der Waals surface area (Å²) in [6.45, 7) is 3.93. The topological polar surface area (TPSA) is 12.0 Å². The Morgan fingerprint density at radius 2 is 1.95 bits per heavy atom. The monoisotopic (exact) mass is 355 g/mol. The Labute approximate surface area is 131 Å². The van der Waals surface area contributed by atoms with Gasteiger partial charge in [0.2, 0.25) is 0 Å². The number of hydrogen-bond donors (Lipinski definition) is 1. The molecule has 0 spiro atoms. The van der Waals surface area contributed by atoms with Gasteiger partial charge in [0.1, 0.15) is 0 Å². The summed E-state index contributed by atoms with van der Waals surface area (Å²) in [5.41, 5.74) is 1.28. The van der Waals surface area contributed by atoms with Gasteiger partial charge in [0.25, 0.3) is 0 Å². The van der Waals surface area contributed by atoms with E-state index in [1.807, 2.05) is 24.3 Å². The molecule has 4 heteroatoms. The van der Waals surface area contributed by atoms with Crippen LogP contribution in [0.3, 0.4) is 0 Å². The van der Waals surface area contributed by atoms with Gasteiger partial charge >= 0.3 is 0 Å². The molecule has 0 heterocycles. The number of benzene rings is 2. The normalized spacial score (nSPS) is 10.7. The van der Waals surface area contributed by atoms with E-state index in [-0.39, 0.29) is 0 Å². The largest absolute Gasteiger partial charge is 0.313 e. The lowest BCUT2D eigenvalue weighted by Crippen LogP contribution is -2.12. The molecule has 19 heavy (non-hydrogen) atoms. The summed E-state index contributed by atoms with van der Waals surface area (Å²) in [7, 11) is 0. The molecule has 0 unspecified atom stereocenters. The summed E-state index contributed by atoms with van der Waals surface area (Å²) < 4.78 is 1.10. The van der Waals surface area contributed by atoms with Gasteiger partial charge in [-0.2, -0.15) is 0 Å². The van der Waals surface area contributed by atoms with Crippen LogP contribution in [0.4, 0.5) is 0 Å².